The van der Waals surface area contributed by atoms with Gasteiger partial charge >= 0.3 is 0 Å². The fourth-order valence-corrected chi connectivity index (χ4v) is 1.95. The van der Waals surface area contributed by atoms with Crippen LogP contribution < -0.4 is 0 Å². The maximum atomic E-state index is 5.41. The van der Waals surface area contributed by atoms with E-state index in [0.29, 0.717) is 0 Å². The Morgan fingerprint density at radius 3 is 3.20 bits per heavy atom. The molecule has 2 aliphatic rings. The lowest BCUT2D eigenvalue weighted by Gasteiger charge is -2.31. The Hall–Kier alpha value is -0.300. The van der Waals surface area contributed by atoms with E-state index >= 15 is 0 Å². The zero-order valence-corrected chi connectivity index (χ0v) is 6.25. The first kappa shape index (κ1) is 6.41. The summed E-state index contributed by atoms with van der Waals surface area (Å²) in [4.78, 5) is 0. The average molecular weight is 138 g/mol. The molecular weight excluding hydrogens is 124 g/mol. The van der Waals surface area contributed by atoms with Gasteiger partial charge in [0, 0.05) is 13.2 Å². The quantitative estimate of drug-likeness (QED) is 0.465. The lowest BCUT2D eigenvalue weighted by atomic mass is 9.81. The van der Waals surface area contributed by atoms with Crippen molar-refractivity contribution in [1.29, 1.82) is 0 Å². The minimum Gasteiger partial charge on any atom is -0.381 e. The van der Waals surface area contributed by atoms with Crippen LogP contribution in [0.4, 0.5) is 0 Å². The molecule has 0 amide bonds. The molecule has 10 heavy (non-hydrogen) atoms. The van der Waals surface area contributed by atoms with Crippen LogP contribution in [-0.2, 0) is 4.74 Å². The van der Waals surface area contributed by atoms with Crippen LogP contribution in [0.1, 0.15) is 19.3 Å². The van der Waals surface area contributed by atoms with Crippen molar-refractivity contribution >= 4 is 0 Å². The van der Waals surface area contributed by atoms with E-state index in [2.05, 4.69) is 12.2 Å². The first-order valence-corrected chi connectivity index (χ1v) is 4.21. The van der Waals surface area contributed by atoms with E-state index < -0.39 is 0 Å². The standard InChI is InChI=1S/C9H14O/c1-2-4-9-7-10-6-5-8(9)3-1/h1,3,8-9H,2,4-7H2. The predicted octanol–water partition coefficient (Wildman–Crippen LogP) is 1.99. The van der Waals surface area contributed by atoms with Gasteiger partial charge in [0.2, 0.25) is 0 Å². The summed E-state index contributed by atoms with van der Waals surface area (Å²) >= 11 is 0. The van der Waals surface area contributed by atoms with Gasteiger partial charge in [-0.05, 0) is 31.1 Å². The van der Waals surface area contributed by atoms with Crippen molar-refractivity contribution in [3.63, 3.8) is 0 Å². The van der Waals surface area contributed by atoms with Gasteiger partial charge in [-0.2, -0.15) is 0 Å². The molecule has 2 unspecified atom stereocenters. The van der Waals surface area contributed by atoms with Gasteiger partial charge in [-0.25, -0.2) is 0 Å². The monoisotopic (exact) mass is 138 g/mol. The summed E-state index contributed by atoms with van der Waals surface area (Å²) in [5.41, 5.74) is 0. The highest BCUT2D eigenvalue weighted by molar-refractivity contribution is 4.97. The average Bonchev–Trinajstić information content (AvgIpc) is 2.05. The minimum atomic E-state index is 0.846. The Morgan fingerprint density at radius 1 is 1.30 bits per heavy atom. The summed E-state index contributed by atoms with van der Waals surface area (Å²) in [5, 5.41) is 0. The van der Waals surface area contributed by atoms with Crippen LogP contribution in [0.3, 0.4) is 0 Å². The molecule has 1 aliphatic heterocycles. The van der Waals surface area contributed by atoms with Crippen LogP contribution in [0.2, 0.25) is 0 Å². The Bertz CT molecular complexity index is 140. The second-order valence-corrected chi connectivity index (χ2v) is 3.29. The summed E-state index contributed by atoms with van der Waals surface area (Å²) in [6.45, 7) is 1.99. The van der Waals surface area contributed by atoms with Crippen molar-refractivity contribution in [3.8, 4) is 0 Å². The molecule has 1 heteroatoms. The van der Waals surface area contributed by atoms with E-state index in [0.717, 1.165) is 25.0 Å². The molecule has 0 N–H and O–H groups in total. The third kappa shape index (κ3) is 1.10. The van der Waals surface area contributed by atoms with Crippen LogP contribution >= 0.6 is 0 Å². The predicted molar refractivity (Wildman–Crippen MR) is 40.8 cm³/mol. The van der Waals surface area contributed by atoms with Crippen molar-refractivity contribution in [2.45, 2.75) is 19.3 Å². The van der Waals surface area contributed by atoms with Gasteiger partial charge in [-0.1, -0.05) is 12.2 Å². The third-order valence-electron chi connectivity index (χ3n) is 2.62. The van der Waals surface area contributed by atoms with Crippen LogP contribution in [0.5, 0.6) is 0 Å². The fraction of sp³-hybridized carbons (Fsp3) is 0.778. The molecule has 2 atom stereocenters. The highest BCUT2D eigenvalue weighted by Gasteiger charge is 2.24. The van der Waals surface area contributed by atoms with E-state index in [1.54, 1.807) is 0 Å². The fourth-order valence-electron chi connectivity index (χ4n) is 1.95. The number of ether oxygens (including phenoxy) is 1. The second kappa shape index (κ2) is 2.75. The zero-order chi connectivity index (χ0) is 6.81. The SMILES string of the molecule is C1=CC2CCOCC2CC1. The maximum Gasteiger partial charge on any atom is 0.0500 e. The van der Waals surface area contributed by atoms with E-state index in [1.807, 2.05) is 0 Å². The first-order chi connectivity index (χ1) is 4.97. The van der Waals surface area contributed by atoms with Crippen LogP contribution in [0.15, 0.2) is 12.2 Å². The van der Waals surface area contributed by atoms with E-state index in [-0.39, 0.29) is 0 Å². The molecule has 2 rings (SSSR count). The summed E-state index contributed by atoms with van der Waals surface area (Å²) in [5.74, 6) is 1.70. The van der Waals surface area contributed by atoms with Gasteiger partial charge in [-0.3, -0.25) is 0 Å². The van der Waals surface area contributed by atoms with Crippen LogP contribution in [0.25, 0.3) is 0 Å². The smallest absolute Gasteiger partial charge is 0.0500 e. The maximum absolute atomic E-state index is 5.41. The topological polar surface area (TPSA) is 9.23 Å². The molecule has 0 spiro atoms. The van der Waals surface area contributed by atoms with Gasteiger partial charge in [0.1, 0.15) is 0 Å². The lowest BCUT2D eigenvalue weighted by Crippen LogP contribution is -2.27. The van der Waals surface area contributed by atoms with E-state index in [1.165, 1.54) is 19.3 Å². The molecule has 0 aromatic rings. The molecule has 1 nitrogen and oxygen atoms in total. The Kier molecular flexibility index (Phi) is 1.76. The molecule has 0 aromatic heterocycles. The molecule has 1 saturated heterocycles. The number of hydrogen-bond donors (Lipinski definition) is 0. The van der Waals surface area contributed by atoms with Gasteiger partial charge in [0.15, 0.2) is 0 Å². The number of fused-ring (bicyclic) bond motifs is 1. The Morgan fingerprint density at radius 2 is 2.30 bits per heavy atom. The highest BCUT2D eigenvalue weighted by atomic mass is 16.5. The van der Waals surface area contributed by atoms with Gasteiger partial charge in [-0.15, -0.1) is 0 Å². The molecule has 56 valence electrons. The molecular formula is C9H14O. The van der Waals surface area contributed by atoms with Crippen molar-refractivity contribution in [3.05, 3.63) is 12.2 Å². The summed E-state index contributed by atoms with van der Waals surface area (Å²) in [7, 11) is 0. The van der Waals surface area contributed by atoms with Crippen molar-refractivity contribution < 1.29 is 4.74 Å². The first-order valence-electron chi connectivity index (χ1n) is 4.21. The summed E-state index contributed by atoms with van der Waals surface area (Å²) in [6, 6.07) is 0. The van der Waals surface area contributed by atoms with Crippen LogP contribution in [-0.4, -0.2) is 13.2 Å². The van der Waals surface area contributed by atoms with Crippen molar-refractivity contribution in [1.82, 2.24) is 0 Å². The molecule has 1 aliphatic carbocycles. The summed E-state index contributed by atoms with van der Waals surface area (Å²) < 4.78 is 5.41. The number of rotatable bonds is 0. The third-order valence-corrected chi connectivity index (χ3v) is 2.62. The molecule has 0 bridgehead atoms. The molecule has 1 heterocycles. The van der Waals surface area contributed by atoms with Crippen LogP contribution in [0, 0.1) is 11.8 Å². The van der Waals surface area contributed by atoms with Crippen molar-refractivity contribution in [2.24, 2.45) is 11.8 Å². The van der Waals surface area contributed by atoms with Gasteiger partial charge < -0.3 is 4.74 Å². The lowest BCUT2D eigenvalue weighted by molar-refractivity contribution is 0.0257. The Balaban J connectivity index is 2.03. The van der Waals surface area contributed by atoms with E-state index in [4.69, 9.17) is 4.74 Å². The van der Waals surface area contributed by atoms with E-state index in [9.17, 15) is 0 Å². The molecule has 0 saturated carbocycles. The largest absolute Gasteiger partial charge is 0.381 e. The number of allylic oxidation sites excluding steroid dienone is 2. The minimum absolute atomic E-state index is 0.846. The normalized spacial score (nSPS) is 39.2. The molecule has 0 aromatic carbocycles. The highest BCUT2D eigenvalue weighted by Crippen LogP contribution is 2.30. The summed E-state index contributed by atoms with van der Waals surface area (Å²) in [6.07, 6.45) is 8.58. The molecule has 0 radical (unpaired) electrons. The zero-order valence-electron chi connectivity index (χ0n) is 6.25. The second-order valence-electron chi connectivity index (χ2n) is 3.29. The number of hydrogen-bond acceptors (Lipinski definition) is 1. The Labute approximate surface area is 62.1 Å². The molecule has 1 fully saturated rings. The van der Waals surface area contributed by atoms with Gasteiger partial charge in [0.05, 0.1) is 0 Å². The van der Waals surface area contributed by atoms with Crippen molar-refractivity contribution in [2.75, 3.05) is 13.2 Å². The van der Waals surface area contributed by atoms with Gasteiger partial charge in [0.25, 0.3) is 0 Å².